The fourth-order valence-electron chi connectivity index (χ4n) is 4.17. The number of ketones is 1. The number of nitriles is 1. The topological polar surface area (TPSA) is 113 Å². The van der Waals surface area contributed by atoms with Gasteiger partial charge in [-0.1, -0.05) is 41.4 Å². The van der Waals surface area contributed by atoms with E-state index in [1.807, 2.05) is 0 Å². The van der Waals surface area contributed by atoms with E-state index in [0.29, 0.717) is 11.1 Å². The van der Waals surface area contributed by atoms with Crippen LogP contribution in [0.1, 0.15) is 25.3 Å². The quantitative estimate of drug-likeness (QED) is 0.693. The molecule has 2 aliphatic rings. The molecule has 0 aromatic heterocycles. The van der Waals surface area contributed by atoms with Gasteiger partial charge in [0.15, 0.2) is 11.2 Å². The smallest absolute Gasteiger partial charge is 0.329 e. The van der Waals surface area contributed by atoms with Gasteiger partial charge in [0, 0.05) is 17.7 Å². The van der Waals surface area contributed by atoms with E-state index in [1.54, 1.807) is 19.1 Å². The van der Waals surface area contributed by atoms with Gasteiger partial charge in [0.2, 0.25) is 5.91 Å². The highest BCUT2D eigenvalue weighted by Gasteiger charge is 2.66. The molecule has 0 aliphatic carbocycles. The molecule has 1 fully saturated rings. The average molecular weight is 448 g/mol. The molecule has 1 aromatic carbocycles. The molecule has 1 amide bonds. The Morgan fingerprint density at radius 1 is 1.30 bits per heavy atom. The number of esters is 1. The van der Waals surface area contributed by atoms with E-state index in [0.717, 1.165) is 0 Å². The molecule has 0 bridgehead atoms. The Kier molecular flexibility index (Phi) is 5.93. The number of benzene rings is 1. The van der Waals surface area contributed by atoms with Crippen LogP contribution in [-0.2, 0) is 19.1 Å². The van der Waals surface area contributed by atoms with Gasteiger partial charge in [-0.05, 0) is 31.5 Å². The number of carbonyl (C=O) groups excluding carboxylic acids is 3. The van der Waals surface area contributed by atoms with Crippen LogP contribution in [0.2, 0.25) is 10.0 Å². The number of hydrogen-bond donors (Lipinski definition) is 1. The Bertz CT molecular complexity index is 1030. The van der Waals surface area contributed by atoms with Crippen molar-refractivity contribution in [2.24, 2.45) is 11.1 Å². The van der Waals surface area contributed by atoms with Crippen LogP contribution < -0.4 is 5.73 Å². The minimum Gasteiger partial charge on any atom is -0.465 e. The lowest BCUT2D eigenvalue weighted by Crippen LogP contribution is -2.45. The molecule has 2 N–H and O–H groups in total. The molecule has 9 heteroatoms. The number of nitrogens with two attached hydrogens (primary N) is 1. The zero-order chi connectivity index (χ0) is 22.2. The molecule has 0 radical (unpaired) electrons. The minimum absolute atomic E-state index is 0.0442. The predicted octanol–water partition coefficient (Wildman–Crippen LogP) is 2.73. The number of allylic oxidation sites excluding steroid dienone is 2. The van der Waals surface area contributed by atoms with Crippen molar-refractivity contribution < 1.29 is 19.1 Å². The molecule has 0 spiro atoms. The van der Waals surface area contributed by atoms with Crippen LogP contribution in [0.15, 0.2) is 42.1 Å². The van der Waals surface area contributed by atoms with E-state index in [-0.39, 0.29) is 22.4 Å². The molecule has 2 heterocycles. The number of nitrogens with zero attached hydrogens (tertiary/aromatic N) is 2. The maximum atomic E-state index is 13.2. The fourth-order valence-corrected chi connectivity index (χ4v) is 4.48. The maximum Gasteiger partial charge on any atom is 0.329 e. The number of carbonyl (C=O) groups is 3. The summed E-state index contributed by atoms with van der Waals surface area (Å²) in [6, 6.07) is 4.76. The van der Waals surface area contributed by atoms with E-state index >= 15 is 0 Å². The summed E-state index contributed by atoms with van der Waals surface area (Å²) < 4.78 is 5.26. The lowest BCUT2D eigenvalue weighted by atomic mass is 9.68. The average Bonchev–Trinajstić information content (AvgIpc) is 3.01. The summed E-state index contributed by atoms with van der Waals surface area (Å²) in [5.41, 5.74) is 4.68. The normalized spacial score (nSPS) is 27.1. The van der Waals surface area contributed by atoms with Crippen molar-refractivity contribution in [3.63, 3.8) is 0 Å². The second kappa shape index (κ2) is 8.13. The van der Waals surface area contributed by atoms with E-state index in [4.69, 9.17) is 33.7 Å². The third-order valence-corrected chi connectivity index (χ3v) is 6.20. The first-order valence-corrected chi connectivity index (χ1v) is 9.95. The lowest BCUT2D eigenvalue weighted by Gasteiger charge is -2.32. The van der Waals surface area contributed by atoms with Gasteiger partial charge in [0.1, 0.15) is 6.04 Å². The highest BCUT2D eigenvalue weighted by Crippen LogP contribution is 2.54. The van der Waals surface area contributed by atoms with Crippen LogP contribution in [-0.4, -0.2) is 41.3 Å². The van der Waals surface area contributed by atoms with Crippen molar-refractivity contribution in [2.75, 3.05) is 6.61 Å². The molecular formula is C21H19Cl2N3O4. The van der Waals surface area contributed by atoms with Crippen molar-refractivity contribution in [3.05, 3.63) is 57.7 Å². The van der Waals surface area contributed by atoms with Crippen LogP contribution in [0.3, 0.4) is 0 Å². The fraction of sp³-hybridized carbons (Fsp3) is 0.333. The summed E-state index contributed by atoms with van der Waals surface area (Å²) in [5, 5.41) is 10.8. The Morgan fingerprint density at radius 2 is 2.00 bits per heavy atom. The van der Waals surface area contributed by atoms with E-state index in [1.165, 1.54) is 36.2 Å². The highest BCUT2D eigenvalue weighted by molar-refractivity contribution is 6.42. The standard InChI is InChI=1S/C21H19Cl2N3O4/c1-3-30-20(29)21(10-24)16-7-5-13(11(2)27)9-26(16)18(19(25)28)17(21)12-4-6-14(22)15(23)8-12/h4-9,16-18H,3H2,1-2H3,(H2,25,28)/t16-,17-,18+,21+/m0/s1. The highest BCUT2D eigenvalue weighted by atomic mass is 35.5. The van der Waals surface area contributed by atoms with Crippen molar-refractivity contribution in [1.82, 2.24) is 4.90 Å². The second-order valence-electron chi connectivity index (χ2n) is 7.09. The third-order valence-electron chi connectivity index (χ3n) is 5.46. The van der Waals surface area contributed by atoms with Gasteiger partial charge in [-0.25, -0.2) is 0 Å². The van der Waals surface area contributed by atoms with Crippen LogP contribution in [0.4, 0.5) is 0 Å². The Hall–Kier alpha value is -2.82. The number of fused-ring (bicyclic) bond motifs is 1. The Labute approximate surface area is 183 Å². The molecule has 3 rings (SSSR count). The Morgan fingerprint density at radius 3 is 2.53 bits per heavy atom. The third kappa shape index (κ3) is 3.26. The summed E-state index contributed by atoms with van der Waals surface area (Å²) in [5.74, 6) is -2.78. The van der Waals surface area contributed by atoms with Gasteiger partial charge < -0.3 is 15.4 Å². The van der Waals surface area contributed by atoms with Crippen LogP contribution in [0.25, 0.3) is 0 Å². The number of halogens is 2. The number of amides is 1. The molecule has 2 aliphatic heterocycles. The van der Waals surface area contributed by atoms with Gasteiger partial charge in [-0.3, -0.25) is 14.4 Å². The summed E-state index contributed by atoms with van der Waals surface area (Å²) in [6.07, 6.45) is 4.56. The summed E-state index contributed by atoms with van der Waals surface area (Å²) >= 11 is 12.2. The van der Waals surface area contributed by atoms with Crippen molar-refractivity contribution in [3.8, 4) is 6.07 Å². The van der Waals surface area contributed by atoms with Crippen molar-refractivity contribution in [2.45, 2.75) is 31.8 Å². The number of primary amides is 1. The van der Waals surface area contributed by atoms with E-state index < -0.39 is 35.3 Å². The van der Waals surface area contributed by atoms with Gasteiger partial charge in [0.05, 0.1) is 28.8 Å². The first-order valence-electron chi connectivity index (χ1n) is 9.20. The molecule has 0 saturated carbocycles. The molecule has 156 valence electrons. The molecule has 0 unspecified atom stereocenters. The predicted molar refractivity (Wildman–Crippen MR) is 110 cm³/mol. The summed E-state index contributed by atoms with van der Waals surface area (Å²) in [7, 11) is 0. The number of Topliss-reactive ketones (excluding diaryl/α,β-unsaturated/α-hetero) is 1. The van der Waals surface area contributed by atoms with Gasteiger partial charge in [-0.2, -0.15) is 5.26 Å². The molecule has 1 aromatic rings. The van der Waals surface area contributed by atoms with Gasteiger partial charge in [-0.15, -0.1) is 0 Å². The molecular weight excluding hydrogens is 429 g/mol. The number of ether oxygens (including phenoxy) is 1. The van der Waals surface area contributed by atoms with Crippen LogP contribution in [0.5, 0.6) is 0 Å². The number of rotatable bonds is 5. The largest absolute Gasteiger partial charge is 0.465 e. The van der Waals surface area contributed by atoms with E-state index in [9.17, 15) is 19.6 Å². The zero-order valence-corrected chi connectivity index (χ0v) is 17.8. The first kappa shape index (κ1) is 21.9. The van der Waals surface area contributed by atoms with Gasteiger partial charge in [0.25, 0.3) is 0 Å². The molecule has 4 atom stereocenters. The van der Waals surface area contributed by atoms with Crippen LogP contribution >= 0.6 is 23.2 Å². The minimum atomic E-state index is -1.80. The van der Waals surface area contributed by atoms with Crippen molar-refractivity contribution >= 4 is 40.9 Å². The molecule has 7 nitrogen and oxygen atoms in total. The molecule has 30 heavy (non-hydrogen) atoms. The van der Waals surface area contributed by atoms with Crippen molar-refractivity contribution in [1.29, 1.82) is 5.26 Å². The molecule has 1 saturated heterocycles. The Balaban J connectivity index is 2.31. The SMILES string of the molecule is CCOC(=O)[C@]1(C#N)[C@@H]2C=CC(C(C)=O)=CN2[C@@H](C(N)=O)[C@@H]1c1ccc(Cl)c(Cl)c1. The summed E-state index contributed by atoms with van der Waals surface area (Å²) in [4.78, 5) is 39.1. The monoisotopic (exact) mass is 447 g/mol. The van der Waals surface area contributed by atoms with Gasteiger partial charge >= 0.3 is 5.97 Å². The lowest BCUT2D eigenvalue weighted by molar-refractivity contribution is -0.153. The maximum absolute atomic E-state index is 13.2. The van der Waals surface area contributed by atoms with Crippen LogP contribution in [0, 0.1) is 16.7 Å². The summed E-state index contributed by atoms with van der Waals surface area (Å²) in [6.45, 7) is 3.05. The zero-order valence-electron chi connectivity index (χ0n) is 16.3. The second-order valence-corrected chi connectivity index (χ2v) is 7.91. The number of hydrogen-bond acceptors (Lipinski definition) is 6. The first-order chi connectivity index (χ1) is 14.2. The van der Waals surface area contributed by atoms with E-state index in [2.05, 4.69) is 6.07 Å².